The maximum Gasteiger partial charge on any atom is 0.303 e. The Balaban J connectivity index is 0. The van der Waals surface area contributed by atoms with E-state index >= 15 is 0 Å². The summed E-state index contributed by atoms with van der Waals surface area (Å²) in [6, 6.07) is -0.417. The molecule has 0 saturated carbocycles. The second-order valence-corrected chi connectivity index (χ2v) is 8.82. The van der Waals surface area contributed by atoms with Crippen molar-refractivity contribution in [2.45, 2.75) is 80.2 Å². The molecule has 0 aliphatic rings. The Kier molecular flexibility index (Phi) is 12.8. The highest BCUT2D eigenvalue weighted by molar-refractivity contribution is 5.90. The van der Waals surface area contributed by atoms with Gasteiger partial charge in [-0.3, -0.25) is 19.2 Å². The predicted molar refractivity (Wildman–Crippen MR) is 115 cm³/mol. The summed E-state index contributed by atoms with van der Waals surface area (Å²) in [4.78, 5) is 44.8. The lowest BCUT2D eigenvalue weighted by Gasteiger charge is -2.22. The van der Waals surface area contributed by atoms with Crippen molar-refractivity contribution in [1.29, 1.82) is 0 Å². The minimum absolute atomic E-state index is 0.0107. The molecule has 0 aliphatic carbocycles. The quantitative estimate of drug-likeness (QED) is 0.503. The van der Waals surface area contributed by atoms with E-state index in [0.717, 1.165) is 0 Å². The van der Waals surface area contributed by atoms with Crippen LogP contribution >= 0.6 is 0 Å². The Bertz CT molecular complexity index is 610. The van der Waals surface area contributed by atoms with Gasteiger partial charge in [0.05, 0.1) is 12.5 Å². The Labute approximate surface area is 175 Å². The number of nitrogens with one attached hydrogen (secondary N) is 2. The van der Waals surface area contributed by atoms with Crippen LogP contribution in [0.4, 0.5) is 0 Å². The van der Waals surface area contributed by atoms with Crippen molar-refractivity contribution >= 4 is 23.6 Å². The summed E-state index contributed by atoms with van der Waals surface area (Å²) < 4.78 is 0. The third-order valence-electron chi connectivity index (χ3n) is 3.74. The number of rotatable bonds is 9. The second kappa shape index (κ2) is 12.9. The van der Waals surface area contributed by atoms with Crippen molar-refractivity contribution in [2.75, 3.05) is 0 Å². The number of allylic oxidation sites excluding steroid dienone is 1. The van der Waals surface area contributed by atoms with Crippen LogP contribution in [0.2, 0.25) is 0 Å². The summed E-state index contributed by atoms with van der Waals surface area (Å²) in [5.41, 5.74) is -0.494. The number of aliphatic carboxylic acids is 1. The molecule has 1 unspecified atom stereocenters. The van der Waals surface area contributed by atoms with E-state index < -0.39 is 22.8 Å². The molecule has 0 fully saturated rings. The van der Waals surface area contributed by atoms with Gasteiger partial charge in [-0.15, -0.1) is 6.58 Å². The van der Waals surface area contributed by atoms with Crippen LogP contribution in [-0.2, 0) is 19.2 Å². The molecular formula is C22H38N2O5. The normalized spacial score (nSPS) is 12.0. The Morgan fingerprint density at radius 1 is 0.966 bits per heavy atom. The molecule has 0 rings (SSSR count). The smallest absolute Gasteiger partial charge is 0.303 e. The molecule has 3 N–H and O–H groups in total. The molecule has 0 spiro atoms. The number of amides is 2. The molecule has 166 valence electrons. The fraction of sp³-hybridized carbons (Fsp3) is 0.636. The van der Waals surface area contributed by atoms with Gasteiger partial charge in [0.25, 0.3) is 0 Å². The predicted octanol–water partition coefficient (Wildman–Crippen LogP) is 3.60. The van der Waals surface area contributed by atoms with E-state index in [4.69, 9.17) is 5.11 Å². The average molecular weight is 411 g/mol. The first-order valence-electron chi connectivity index (χ1n) is 9.71. The van der Waals surface area contributed by atoms with Crippen molar-refractivity contribution in [1.82, 2.24) is 10.6 Å². The van der Waals surface area contributed by atoms with Gasteiger partial charge < -0.3 is 15.7 Å². The van der Waals surface area contributed by atoms with Crippen molar-refractivity contribution < 1.29 is 24.3 Å². The SMILES string of the molecule is C=C(CCC(=O)O)NC(=O)C(C)(C)C.C=CCC(NC(=O)C(C)(C)C)C(=O)CC. The van der Waals surface area contributed by atoms with E-state index in [2.05, 4.69) is 23.8 Å². The Morgan fingerprint density at radius 2 is 1.45 bits per heavy atom. The van der Waals surface area contributed by atoms with Crippen LogP contribution in [0.3, 0.4) is 0 Å². The summed E-state index contributed by atoms with van der Waals surface area (Å²) in [7, 11) is 0. The van der Waals surface area contributed by atoms with Crippen LogP contribution in [0.25, 0.3) is 0 Å². The maximum absolute atomic E-state index is 11.7. The van der Waals surface area contributed by atoms with Gasteiger partial charge in [0, 0.05) is 22.9 Å². The molecule has 2 amide bonds. The van der Waals surface area contributed by atoms with E-state index in [1.807, 2.05) is 20.8 Å². The highest BCUT2D eigenvalue weighted by Crippen LogP contribution is 2.14. The molecule has 1 atom stereocenters. The van der Waals surface area contributed by atoms with Crippen molar-refractivity contribution in [3.8, 4) is 0 Å². The lowest BCUT2D eigenvalue weighted by molar-refractivity contribution is -0.137. The van der Waals surface area contributed by atoms with E-state index in [1.165, 1.54) is 0 Å². The van der Waals surface area contributed by atoms with Gasteiger partial charge in [-0.2, -0.15) is 0 Å². The number of carboxylic acid groups (broad SMARTS) is 1. The molecule has 0 saturated heterocycles. The third-order valence-corrected chi connectivity index (χ3v) is 3.74. The standard InChI is InChI=1S/C12H21NO2.C10H17NO3/c1-6-8-9(10(14)7-2)13-11(15)12(3,4)5;1-7(5-6-8(12)13)11-9(14)10(2,3)4/h6,9H,1,7-8H2,2-5H3,(H,13,15);1,5-6H2,2-4H3,(H,11,14)(H,12,13). The molecule has 0 aromatic carbocycles. The van der Waals surface area contributed by atoms with Gasteiger partial charge in [-0.1, -0.05) is 61.1 Å². The number of carbonyl (C=O) groups excluding carboxylic acids is 3. The Hall–Kier alpha value is -2.44. The van der Waals surface area contributed by atoms with Crippen molar-refractivity contribution in [3.63, 3.8) is 0 Å². The third kappa shape index (κ3) is 14.2. The first-order valence-corrected chi connectivity index (χ1v) is 9.71. The zero-order chi connectivity index (χ0) is 23.4. The average Bonchev–Trinajstić information content (AvgIpc) is 2.57. The topological polar surface area (TPSA) is 113 Å². The minimum Gasteiger partial charge on any atom is -0.481 e. The molecule has 0 aromatic heterocycles. The Morgan fingerprint density at radius 3 is 1.79 bits per heavy atom. The maximum atomic E-state index is 11.7. The molecule has 7 nitrogen and oxygen atoms in total. The fourth-order valence-electron chi connectivity index (χ4n) is 1.73. The summed E-state index contributed by atoms with van der Waals surface area (Å²) in [6.45, 7) is 19.8. The second-order valence-electron chi connectivity index (χ2n) is 8.82. The molecule has 0 bridgehead atoms. The van der Waals surface area contributed by atoms with Crippen molar-refractivity contribution in [3.05, 3.63) is 24.9 Å². The first kappa shape index (κ1) is 28.8. The molecule has 7 heteroatoms. The van der Waals surface area contributed by atoms with Crippen LogP contribution in [-0.4, -0.2) is 34.7 Å². The minimum atomic E-state index is -0.892. The van der Waals surface area contributed by atoms with E-state index in [1.54, 1.807) is 33.8 Å². The van der Waals surface area contributed by atoms with Gasteiger partial charge in [0.2, 0.25) is 11.8 Å². The largest absolute Gasteiger partial charge is 0.481 e. The van der Waals surface area contributed by atoms with Gasteiger partial charge in [-0.25, -0.2) is 0 Å². The van der Waals surface area contributed by atoms with E-state index in [-0.39, 0.29) is 30.4 Å². The molecule has 0 heterocycles. The van der Waals surface area contributed by atoms with Crippen LogP contribution in [0.5, 0.6) is 0 Å². The summed E-state index contributed by atoms with van der Waals surface area (Å²) in [6.07, 6.45) is 2.85. The van der Waals surface area contributed by atoms with Gasteiger partial charge >= 0.3 is 5.97 Å². The molecular weight excluding hydrogens is 372 g/mol. The van der Waals surface area contributed by atoms with Crippen LogP contribution in [0.1, 0.15) is 74.1 Å². The van der Waals surface area contributed by atoms with E-state index in [0.29, 0.717) is 18.5 Å². The summed E-state index contributed by atoms with van der Waals surface area (Å²) in [5.74, 6) is -1.09. The number of Topliss-reactive ketones (excluding diaryl/α,β-unsaturated/α-hetero) is 1. The van der Waals surface area contributed by atoms with Gasteiger partial charge in [0.1, 0.15) is 0 Å². The van der Waals surface area contributed by atoms with Crippen molar-refractivity contribution in [2.24, 2.45) is 10.8 Å². The number of ketones is 1. The van der Waals surface area contributed by atoms with Gasteiger partial charge in [-0.05, 0) is 12.8 Å². The van der Waals surface area contributed by atoms with Crippen LogP contribution in [0, 0.1) is 10.8 Å². The molecule has 0 aliphatic heterocycles. The molecule has 29 heavy (non-hydrogen) atoms. The number of carboxylic acids is 1. The van der Waals surface area contributed by atoms with Crippen LogP contribution < -0.4 is 10.6 Å². The summed E-state index contributed by atoms with van der Waals surface area (Å²) >= 11 is 0. The van der Waals surface area contributed by atoms with E-state index in [9.17, 15) is 19.2 Å². The molecule has 0 radical (unpaired) electrons. The highest BCUT2D eigenvalue weighted by atomic mass is 16.4. The fourth-order valence-corrected chi connectivity index (χ4v) is 1.73. The van der Waals surface area contributed by atoms with Crippen LogP contribution in [0.15, 0.2) is 24.9 Å². The zero-order valence-corrected chi connectivity index (χ0v) is 19.0. The first-order chi connectivity index (χ1) is 13.1. The lowest BCUT2D eigenvalue weighted by atomic mass is 9.94. The zero-order valence-electron chi connectivity index (χ0n) is 19.0. The highest BCUT2D eigenvalue weighted by Gasteiger charge is 2.26. The van der Waals surface area contributed by atoms with Gasteiger partial charge in [0.15, 0.2) is 5.78 Å². The number of carbonyl (C=O) groups is 4. The monoisotopic (exact) mass is 410 g/mol. The number of hydrogen-bond donors (Lipinski definition) is 3. The summed E-state index contributed by atoms with van der Waals surface area (Å²) in [5, 5.41) is 13.7. The lowest BCUT2D eigenvalue weighted by Crippen LogP contribution is -2.45. The number of hydrogen-bond acceptors (Lipinski definition) is 4. The molecule has 0 aromatic rings.